The van der Waals surface area contributed by atoms with Crippen LogP contribution in [0.3, 0.4) is 0 Å². The molecule has 0 saturated heterocycles. The number of hydrogen-bond acceptors (Lipinski definition) is 4. The smallest absolute Gasteiger partial charge is 0.296 e. The van der Waals surface area contributed by atoms with Gasteiger partial charge in [0.15, 0.2) is 5.65 Å². The van der Waals surface area contributed by atoms with Gasteiger partial charge >= 0.3 is 0 Å². The first-order valence-corrected chi connectivity index (χ1v) is 9.35. The summed E-state index contributed by atoms with van der Waals surface area (Å²) >= 11 is 6.50. The largest absolute Gasteiger partial charge is 0.464 e. The Kier molecular flexibility index (Phi) is 3.82. The normalized spacial score (nSPS) is 15.7. The summed E-state index contributed by atoms with van der Waals surface area (Å²) in [6.07, 6.45) is 7.81. The highest BCUT2D eigenvalue weighted by Gasteiger charge is 2.19. The number of hydrogen-bond donors (Lipinski definition) is 1. The first kappa shape index (κ1) is 15.7. The van der Waals surface area contributed by atoms with Crippen molar-refractivity contribution in [1.29, 1.82) is 0 Å². The van der Waals surface area contributed by atoms with Crippen molar-refractivity contribution >= 4 is 33.7 Å². The molecule has 3 aromatic heterocycles. The van der Waals surface area contributed by atoms with E-state index >= 15 is 0 Å². The molecule has 0 aliphatic heterocycles. The lowest BCUT2D eigenvalue weighted by Crippen LogP contribution is -2.20. The van der Waals surface area contributed by atoms with Crippen molar-refractivity contribution in [2.45, 2.75) is 38.2 Å². The average Bonchev–Trinajstić information content (AvgIpc) is 3.25. The monoisotopic (exact) mass is 367 g/mol. The lowest BCUT2D eigenvalue weighted by molar-refractivity contribution is 0.143. The van der Waals surface area contributed by atoms with Gasteiger partial charge in [-0.2, -0.15) is 4.98 Å². The Bertz CT molecular complexity index is 1080. The molecular weight excluding hydrogens is 350 g/mol. The third kappa shape index (κ3) is 2.72. The molecule has 0 amide bonds. The number of rotatable bonds is 3. The van der Waals surface area contributed by atoms with E-state index in [1.807, 2.05) is 30.3 Å². The summed E-state index contributed by atoms with van der Waals surface area (Å²) in [7, 11) is 0. The molecule has 1 aromatic carbocycles. The van der Waals surface area contributed by atoms with Crippen molar-refractivity contribution in [2.24, 2.45) is 0 Å². The number of pyridine rings is 1. The van der Waals surface area contributed by atoms with Crippen LogP contribution in [-0.2, 0) is 0 Å². The van der Waals surface area contributed by atoms with Crippen molar-refractivity contribution in [3.05, 3.63) is 41.6 Å². The van der Waals surface area contributed by atoms with Crippen LogP contribution in [0.2, 0.25) is 5.02 Å². The Morgan fingerprint density at radius 3 is 2.85 bits per heavy atom. The summed E-state index contributed by atoms with van der Waals surface area (Å²) in [6, 6.07) is 10.2. The molecule has 132 valence electrons. The molecule has 5 rings (SSSR count). The molecule has 0 atom stereocenters. The third-order valence-electron chi connectivity index (χ3n) is 4.97. The van der Waals surface area contributed by atoms with E-state index in [1.165, 1.54) is 19.3 Å². The highest BCUT2D eigenvalue weighted by molar-refractivity contribution is 6.34. The molecule has 0 bridgehead atoms. The van der Waals surface area contributed by atoms with Crippen LogP contribution in [0.25, 0.3) is 33.4 Å². The van der Waals surface area contributed by atoms with E-state index in [1.54, 1.807) is 6.26 Å². The number of para-hydroxylation sites is 1. The van der Waals surface area contributed by atoms with Crippen molar-refractivity contribution in [3.8, 4) is 17.3 Å². The number of aromatic nitrogens is 3. The van der Waals surface area contributed by atoms with Gasteiger partial charge in [-0.15, -0.1) is 0 Å². The number of nitrogens with zero attached hydrogens (tertiary/aromatic N) is 2. The Labute approximate surface area is 155 Å². The van der Waals surface area contributed by atoms with Crippen molar-refractivity contribution in [2.75, 3.05) is 0 Å². The second kappa shape index (κ2) is 6.32. The second-order valence-corrected chi connectivity index (χ2v) is 7.16. The number of ether oxygens (including phenoxy) is 1. The van der Waals surface area contributed by atoms with E-state index in [0.717, 1.165) is 29.4 Å². The summed E-state index contributed by atoms with van der Waals surface area (Å²) in [6.45, 7) is 0. The summed E-state index contributed by atoms with van der Waals surface area (Å²) in [5, 5.41) is 1.53. The first-order valence-electron chi connectivity index (χ1n) is 8.97. The van der Waals surface area contributed by atoms with Gasteiger partial charge in [-0.3, -0.25) is 4.98 Å². The van der Waals surface area contributed by atoms with Crippen LogP contribution >= 0.6 is 11.6 Å². The van der Waals surface area contributed by atoms with Crippen LogP contribution in [-0.4, -0.2) is 21.1 Å². The zero-order chi connectivity index (χ0) is 17.5. The van der Waals surface area contributed by atoms with Gasteiger partial charge in [0.2, 0.25) is 0 Å². The SMILES string of the molecule is Clc1cc2nc(OC3CCCCC3)[nH]c2nc1-c1coc2ccccc12. The molecule has 1 aliphatic rings. The summed E-state index contributed by atoms with van der Waals surface area (Å²) in [5.41, 5.74) is 3.73. The van der Waals surface area contributed by atoms with Crippen molar-refractivity contribution < 1.29 is 9.15 Å². The zero-order valence-corrected chi connectivity index (χ0v) is 14.9. The van der Waals surface area contributed by atoms with Gasteiger partial charge in [-0.05, 0) is 37.8 Å². The fourth-order valence-electron chi connectivity index (χ4n) is 3.64. The van der Waals surface area contributed by atoms with Gasteiger partial charge in [0.25, 0.3) is 6.01 Å². The van der Waals surface area contributed by atoms with Crippen LogP contribution in [0.5, 0.6) is 6.01 Å². The van der Waals surface area contributed by atoms with E-state index in [9.17, 15) is 0 Å². The van der Waals surface area contributed by atoms with Gasteiger partial charge in [-0.1, -0.05) is 36.2 Å². The minimum Gasteiger partial charge on any atom is -0.464 e. The maximum Gasteiger partial charge on any atom is 0.296 e. The number of H-pyrrole nitrogens is 1. The Hall–Kier alpha value is -2.53. The highest BCUT2D eigenvalue weighted by atomic mass is 35.5. The molecule has 3 heterocycles. The minimum absolute atomic E-state index is 0.233. The topological polar surface area (TPSA) is 63.9 Å². The molecule has 0 radical (unpaired) electrons. The van der Waals surface area contributed by atoms with Gasteiger partial charge in [-0.25, -0.2) is 4.98 Å². The Balaban J connectivity index is 1.54. The molecule has 0 unspecified atom stereocenters. The van der Waals surface area contributed by atoms with Gasteiger partial charge < -0.3 is 9.15 Å². The maximum atomic E-state index is 6.50. The second-order valence-electron chi connectivity index (χ2n) is 6.75. The number of nitrogens with one attached hydrogen (secondary N) is 1. The van der Waals surface area contributed by atoms with Gasteiger partial charge in [0.1, 0.15) is 23.5 Å². The standard InChI is InChI=1S/C20H18ClN3O2/c21-15-10-16-19(24-20(22-16)26-12-6-2-1-3-7-12)23-18(15)14-11-25-17-9-5-4-8-13(14)17/h4-5,8-12H,1-3,6-7H2,(H,22,23,24). The van der Waals surface area contributed by atoms with E-state index in [2.05, 4.69) is 9.97 Å². The number of benzene rings is 1. The number of imidazole rings is 1. The molecule has 1 aliphatic carbocycles. The molecule has 1 fully saturated rings. The van der Waals surface area contributed by atoms with Crippen LogP contribution in [0.4, 0.5) is 0 Å². The lowest BCUT2D eigenvalue weighted by Gasteiger charge is -2.21. The molecular formula is C20H18ClN3O2. The molecule has 26 heavy (non-hydrogen) atoms. The molecule has 5 nitrogen and oxygen atoms in total. The minimum atomic E-state index is 0.233. The summed E-state index contributed by atoms with van der Waals surface area (Å²) < 4.78 is 11.6. The van der Waals surface area contributed by atoms with Crippen molar-refractivity contribution in [1.82, 2.24) is 15.0 Å². The fraction of sp³-hybridized carbons (Fsp3) is 0.300. The number of fused-ring (bicyclic) bond motifs is 2. The van der Waals surface area contributed by atoms with Crippen LogP contribution < -0.4 is 4.74 Å². The van der Waals surface area contributed by atoms with Crippen LogP contribution in [0.15, 0.2) is 41.0 Å². The molecule has 1 N–H and O–H groups in total. The average molecular weight is 368 g/mol. The predicted octanol–water partition coefficient (Wildman–Crippen LogP) is 5.74. The maximum absolute atomic E-state index is 6.50. The molecule has 4 aromatic rings. The van der Waals surface area contributed by atoms with Gasteiger partial charge in [0, 0.05) is 10.9 Å². The molecule has 6 heteroatoms. The van der Waals surface area contributed by atoms with E-state index in [4.69, 9.17) is 25.7 Å². The number of aromatic amines is 1. The van der Waals surface area contributed by atoms with E-state index in [0.29, 0.717) is 27.9 Å². The Morgan fingerprint density at radius 1 is 1.12 bits per heavy atom. The van der Waals surface area contributed by atoms with E-state index < -0.39 is 0 Å². The van der Waals surface area contributed by atoms with E-state index in [-0.39, 0.29) is 6.10 Å². The van der Waals surface area contributed by atoms with Gasteiger partial charge in [0.05, 0.1) is 10.7 Å². The first-order chi connectivity index (χ1) is 12.8. The Morgan fingerprint density at radius 2 is 1.96 bits per heavy atom. The fourth-order valence-corrected chi connectivity index (χ4v) is 3.89. The molecule has 1 saturated carbocycles. The number of halogens is 1. The quantitative estimate of drug-likeness (QED) is 0.501. The summed E-state index contributed by atoms with van der Waals surface area (Å²) in [5.74, 6) is 0. The van der Waals surface area contributed by atoms with Crippen LogP contribution in [0, 0.1) is 0 Å². The number of furan rings is 1. The molecule has 0 spiro atoms. The van der Waals surface area contributed by atoms with Crippen LogP contribution in [0.1, 0.15) is 32.1 Å². The predicted molar refractivity (Wildman–Crippen MR) is 102 cm³/mol. The highest BCUT2D eigenvalue weighted by Crippen LogP contribution is 2.35. The summed E-state index contributed by atoms with van der Waals surface area (Å²) in [4.78, 5) is 12.4. The lowest BCUT2D eigenvalue weighted by atomic mass is 9.98. The third-order valence-corrected chi connectivity index (χ3v) is 5.26. The van der Waals surface area contributed by atoms with Crippen molar-refractivity contribution in [3.63, 3.8) is 0 Å². The zero-order valence-electron chi connectivity index (χ0n) is 14.2.